The molecular weight excluding hydrogens is 352 g/mol. The molecule has 1 saturated heterocycles. The number of sulfonamides is 1. The first kappa shape index (κ1) is 19.2. The summed E-state index contributed by atoms with van der Waals surface area (Å²) in [7, 11) is -2.05. The Morgan fingerprint density at radius 3 is 2.38 bits per heavy atom. The summed E-state index contributed by atoms with van der Waals surface area (Å²) in [4.78, 5) is 15.2. The van der Waals surface area contributed by atoms with Crippen molar-refractivity contribution in [2.45, 2.75) is 56.5 Å². The number of hydrogen-bond donors (Lipinski definition) is 0. The van der Waals surface area contributed by atoms with Gasteiger partial charge in [-0.15, -0.1) is 0 Å². The van der Waals surface area contributed by atoms with Crippen LogP contribution in [-0.2, 0) is 14.8 Å². The van der Waals surface area contributed by atoms with Gasteiger partial charge in [-0.1, -0.05) is 0 Å². The van der Waals surface area contributed by atoms with Crippen molar-refractivity contribution in [1.82, 2.24) is 9.21 Å². The minimum atomic E-state index is -3.60. The average molecular weight is 381 g/mol. The first-order valence-corrected chi connectivity index (χ1v) is 10.7. The van der Waals surface area contributed by atoms with E-state index in [2.05, 4.69) is 0 Å². The maximum atomic E-state index is 13.0. The van der Waals surface area contributed by atoms with Gasteiger partial charge in [0.25, 0.3) is 0 Å². The van der Waals surface area contributed by atoms with Gasteiger partial charge in [-0.25, -0.2) is 8.42 Å². The van der Waals surface area contributed by atoms with Crippen LogP contribution in [0.5, 0.6) is 5.75 Å². The van der Waals surface area contributed by atoms with E-state index >= 15 is 0 Å². The number of benzene rings is 1. The van der Waals surface area contributed by atoms with Crippen molar-refractivity contribution < 1.29 is 17.9 Å². The molecule has 1 heterocycles. The normalized spacial score (nSPS) is 21.6. The van der Waals surface area contributed by atoms with Crippen LogP contribution in [0.4, 0.5) is 0 Å². The molecule has 0 aromatic heterocycles. The van der Waals surface area contributed by atoms with E-state index in [0.717, 1.165) is 19.3 Å². The summed E-state index contributed by atoms with van der Waals surface area (Å²) in [5.74, 6) is 0.476. The lowest BCUT2D eigenvalue weighted by Crippen LogP contribution is -2.49. The number of rotatable bonds is 6. The Hall–Kier alpha value is -1.60. The van der Waals surface area contributed by atoms with Crippen molar-refractivity contribution in [3.8, 4) is 5.75 Å². The predicted molar refractivity (Wildman–Crippen MR) is 99.5 cm³/mol. The zero-order chi connectivity index (χ0) is 18.9. The van der Waals surface area contributed by atoms with Crippen LogP contribution in [0.1, 0.15) is 39.5 Å². The third kappa shape index (κ3) is 3.88. The molecule has 0 N–H and O–H groups in total. The lowest BCUT2D eigenvalue weighted by molar-refractivity contribution is -0.139. The van der Waals surface area contributed by atoms with E-state index in [4.69, 9.17) is 4.74 Å². The number of amides is 1. The molecular formula is C19H28N2O4S. The second-order valence-electron chi connectivity index (χ2n) is 7.45. The fraction of sp³-hybridized carbons (Fsp3) is 0.632. The lowest BCUT2D eigenvalue weighted by Gasteiger charge is -2.36. The number of ether oxygens (including phenoxy) is 1. The van der Waals surface area contributed by atoms with Crippen LogP contribution in [0.25, 0.3) is 0 Å². The molecule has 3 rings (SSSR count). The predicted octanol–water partition coefficient (Wildman–Crippen LogP) is 2.50. The molecule has 0 radical (unpaired) electrons. The smallest absolute Gasteiger partial charge is 0.243 e. The van der Waals surface area contributed by atoms with Crippen molar-refractivity contribution in [3.63, 3.8) is 0 Å². The van der Waals surface area contributed by atoms with Gasteiger partial charge in [0.05, 0.1) is 17.9 Å². The van der Waals surface area contributed by atoms with Gasteiger partial charge < -0.3 is 9.64 Å². The van der Waals surface area contributed by atoms with E-state index in [1.54, 1.807) is 31.4 Å². The lowest BCUT2D eigenvalue weighted by atomic mass is 9.97. The number of methoxy groups -OCH3 is 1. The number of nitrogens with zero attached hydrogens (tertiary/aromatic N) is 2. The fourth-order valence-electron chi connectivity index (χ4n) is 3.68. The standard InChI is InChI=1S/C19H28N2O4S/c1-14(2)21(16-6-7-16)19(22)15-5-4-12-20(13-15)26(23,24)18-10-8-17(25-3)9-11-18/h8-11,14-16H,4-7,12-13H2,1-3H3. The van der Waals surface area contributed by atoms with Gasteiger partial charge in [-0.3, -0.25) is 4.79 Å². The molecule has 1 saturated carbocycles. The summed E-state index contributed by atoms with van der Waals surface area (Å²) >= 11 is 0. The number of carbonyl (C=O) groups is 1. The molecule has 0 bridgehead atoms. The maximum Gasteiger partial charge on any atom is 0.243 e. The van der Waals surface area contributed by atoms with Gasteiger partial charge in [0, 0.05) is 25.2 Å². The quantitative estimate of drug-likeness (QED) is 0.760. The van der Waals surface area contributed by atoms with Gasteiger partial charge in [0.1, 0.15) is 5.75 Å². The molecule has 1 amide bonds. The van der Waals surface area contributed by atoms with E-state index < -0.39 is 10.0 Å². The summed E-state index contributed by atoms with van der Waals surface area (Å²) in [5, 5.41) is 0. The Kier molecular flexibility index (Phi) is 5.58. The molecule has 1 aromatic rings. The zero-order valence-corrected chi connectivity index (χ0v) is 16.5. The van der Waals surface area contributed by atoms with Crippen molar-refractivity contribution >= 4 is 15.9 Å². The first-order valence-electron chi connectivity index (χ1n) is 9.31. The summed E-state index contributed by atoms with van der Waals surface area (Å²) in [6.45, 7) is 4.79. The molecule has 1 atom stereocenters. The van der Waals surface area contributed by atoms with Gasteiger partial charge in [-0.2, -0.15) is 4.31 Å². The van der Waals surface area contributed by atoms with Crippen LogP contribution in [0.15, 0.2) is 29.2 Å². The Labute approximate surface area is 156 Å². The highest BCUT2D eigenvalue weighted by molar-refractivity contribution is 7.89. The molecule has 2 aliphatic rings. The van der Waals surface area contributed by atoms with Crippen LogP contribution >= 0.6 is 0 Å². The van der Waals surface area contributed by atoms with Crippen molar-refractivity contribution in [1.29, 1.82) is 0 Å². The van der Waals surface area contributed by atoms with Crippen LogP contribution in [0, 0.1) is 5.92 Å². The third-order valence-corrected chi connectivity index (χ3v) is 7.06. The highest BCUT2D eigenvalue weighted by Gasteiger charge is 2.40. The average Bonchev–Trinajstić information content (AvgIpc) is 3.46. The Balaban J connectivity index is 1.75. The largest absolute Gasteiger partial charge is 0.497 e. The van der Waals surface area contributed by atoms with E-state index in [-0.39, 0.29) is 29.3 Å². The number of piperidine rings is 1. The Bertz CT molecular complexity index is 739. The number of hydrogen-bond acceptors (Lipinski definition) is 4. The summed E-state index contributed by atoms with van der Waals surface area (Å²) in [6, 6.07) is 6.91. The first-order chi connectivity index (χ1) is 12.3. The highest BCUT2D eigenvalue weighted by atomic mass is 32.2. The molecule has 7 heteroatoms. The molecule has 144 valence electrons. The summed E-state index contributed by atoms with van der Waals surface area (Å²) in [6.07, 6.45) is 3.58. The molecule has 6 nitrogen and oxygen atoms in total. The van der Waals surface area contributed by atoms with Crippen LogP contribution in [-0.4, -0.2) is 55.8 Å². The maximum absolute atomic E-state index is 13.0. The molecule has 1 unspecified atom stereocenters. The van der Waals surface area contributed by atoms with E-state index in [1.165, 1.54) is 4.31 Å². The van der Waals surface area contributed by atoms with E-state index in [0.29, 0.717) is 24.8 Å². The van der Waals surface area contributed by atoms with Crippen LogP contribution in [0.2, 0.25) is 0 Å². The molecule has 1 aromatic carbocycles. The third-order valence-electron chi connectivity index (χ3n) is 5.18. The Morgan fingerprint density at radius 2 is 1.85 bits per heavy atom. The van der Waals surface area contributed by atoms with Gasteiger partial charge >= 0.3 is 0 Å². The minimum absolute atomic E-state index is 0.108. The van der Waals surface area contributed by atoms with Crippen molar-refractivity contribution in [3.05, 3.63) is 24.3 Å². The molecule has 0 spiro atoms. The summed E-state index contributed by atoms with van der Waals surface area (Å²) in [5.41, 5.74) is 0. The van der Waals surface area contributed by atoms with E-state index in [9.17, 15) is 13.2 Å². The highest BCUT2D eigenvalue weighted by Crippen LogP contribution is 2.32. The second-order valence-corrected chi connectivity index (χ2v) is 9.39. The minimum Gasteiger partial charge on any atom is -0.497 e. The van der Waals surface area contributed by atoms with Crippen LogP contribution in [0.3, 0.4) is 0 Å². The van der Waals surface area contributed by atoms with E-state index in [1.807, 2.05) is 18.7 Å². The molecule has 2 fully saturated rings. The zero-order valence-electron chi connectivity index (χ0n) is 15.7. The second kappa shape index (κ2) is 7.56. The molecule has 1 aliphatic carbocycles. The van der Waals surface area contributed by atoms with Gasteiger partial charge in [0.15, 0.2) is 0 Å². The van der Waals surface area contributed by atoms with Crippen molar-refractivity contribution in [2.75, 3.05) is 20.2 Å². The monoisotopic (exact) mass is 380 g/mol. The van der Waals surface area contributed by atoms with Gasteiger partial charge in [-0.05, 0) is 63.8 Å². The Morgan fingerprint density at radius 1 is 1.19 bits per heavy atom. The van der Waals surface area contributed by atoms with Gasteiger partial charge in [0.2, 0.25) is 15.9 Å². The SMILES string of the molecule is COc1ccc(S(=O)(=O)N2CCCC(C(=O)N(C(C)C)C3CC3)C2)cc1. The molecule has 1 aliphatic heterocycles. The van der Waals surface area contributed by atoms with Crippen molar-refractivity contribution in [2.24, 2.45) is 5.92 Å². The summed E-state index contributed by atoms with van der Waals surface area (Å²) < 4.78 is 32.5. The van der Waals surface area contributed by atoms with Crippen LogP contribution < -0.4 is 4.74 Å². The number of carbonyl (C=O) groups excluding carboxylic acids is 1. The topological polar surface area (TPSA) is 66.9 Å². The molecule has 26 heavy (non-hydrogen) atoms. The fourth-order valence-corrected chi connectivity index (χ4v) is 5.20.